The summed E-state index contributed by atoms with van der Waals surface area (Å²) in [6.07, 6.45) is 7.13. The van der Waals surface area contributed by atoms with Gasteiger partial charge in [0, 0.05) is 4.90 Å². The first kappa shape index (κ1) is 9.74. The van der Waals surface area contributed by atoms with Crippen LogP contribution in [-0.2, 0) is 0 Å². The Kier molecular flexibility index (Phi) is 3.99. The largest absolute Gasteiger partial charge is 0.131 e. The zero-order valence-corrected chi connectivity index (χ0v) is 8.05. The highest BCUT2D eigenvalue weighted by molar-refractivity contribution is 8.00. The summed E-state index contributed by atoms with van der Waals surface area (Å²) < 4.78 is 0. The van der Waals surface area contributed by atoms with Gasteiger partial charge in [0.2, 0.25) is 0 Å². The lowest BCUT2D eigenvalue weighted by atomic mass is 10.4. The maximum atomic E-state index is 5.34. The lowest BCUT2D eigenvalue weighted by Crippen LogP contribution is -1.91. The van der Waals surface area contributed by atoms with Crippen molar-refractivity contribution in [2.45, 2.75) is 10.1 Å². The highest BCUT2D eigenvalue weighted by Gasteiger charge is 2.00. The minimum atomic E-state index is 0.0277. The molecule has 0 aliphatic heterocycles. The summed E-state index contributed by atoms with van der Waals surface area (Å²) in [4.78, 5) is 1.16. The Morgan fingerprint density at radius 3 is 2.62 bits per heavy atom. The topological polar surface area (TPSA) is 0 Å². The maximum Gasteiger partial charge on any atom is 0.0954 e. The van der Waals surface area contributed by atoms with Crippen LogP contribution in [0, 0.1) is 12.3 Å². The summed E-state index contributed by atoms with van der Waals surface area (Å²) in [5.74, 6) is 2.66. The van der Waals surface area contributed by atoms with Crippen molar-refractivity contribution in [3.05, 3.63) is 48.7 Å². The third kappa shape index (κ3) is 3.25. The van der Waals surface area contributed by atoms with Crippen LogP contribution < -0.4 is 0 Å². The first-order valence-electron chi connectivity index (χ1n) is 3.90. The zero-order chi connectivity index (χ0) is 9.52. The van der Waals surface area contributed by atoms with Gasteiger partial charge in [-0.25, -0.2) is 0 Å². The molecule has 0 aromatic heterocycles. The predicted octanol–water partition coefficient (Wildman–Crippen LogP) is 3.12. The van der Waals surface area contributed by atoms with Crippen LogP contribution in [-0.4, -0.2) is 5.25 Å². The van der Waals surface area contributed by atoms with Gasteiger partial charge in [-0.15, -0.1) is 23.9 Å². The SMILES string of the molecule is C#CC(C=C=C)Sc1ccccc1. The predicted molar refractivity (Wildman–Crippen MR) is 58.6 cm³/mol. The summed E-state index contributed by atoms with van der Waals surface area (Å²) in [6, 6.07) is 10.0. The molecule has 0 radical (unpaired) electrons. The van der Waals surface area contributed by atoms with Gasteiger partial charge in [0.25, 0.3) is 0 Å². The lowest BCUT2D eigenvalue weighted by Gasteiger charge is -2.03. The number of rotatable bonds is 3. The highest BCUT2D eigenvalue weighted by atomic mass is 32.2. The molecule has 0 spiro atoms. The fourth-order valence-electron chi connectivity index (χ4n) is 0.869. The van der Waals surface area contributed by atoms with Crippen molar-refractivity contribution in [1.82, 2.24) is 0 Å². The summed E-state index contributed by atoms with van der Waals surface area (Å²) in [7, 11) is 0. The normalized spacial score (nSPS) is 11.0. The van der Waals surface area contributed by atoms with E-state index in [0.29, 0.717) is 0 Å². The van der Waals surface area contributed by atoms with Crippen LogP contribution in [0.3, 0.4) is 0 Å². The Bertz CT molecular complexity index is 339. The molecule has 13 heavy (non-hydrogen) atoms. The highest BCUT2D eigenvalue weighted by Crippen LogP contribution is 2.22. The zero-order valence-electron chi connectivity index (χ0n) is 7.23. The van der Waals surface area contributed by atoms with Crippen LogP contribution in [0.25, 0.3) is 0 Å². The third-order valence-corrected chi connectivity index (χ3v) is 2.51. The van der Waals surface area contributed by atoms with Gasteiger partial charge in [-0.2, -0.15) is 0 Å². The van der Waals surface area contributed by atoms with Gasteiger partial charge in [-0.05, 0) is 18.2 Å². The van der Waals surface area contributed by atoms with Gasteiger partial charge in [-0.3, -0.25) is 0 Å². The fourth-order valence-corrected chi connectivity index (χ4v) is 1.71. The second-order valence-electron chi connectivity index (χ2n) is 2.39. The maximum absolute atomic E-state index is 5.34. The van der Waals surface area contributed by atoms with E-state index in [2.05, 4.69) is 18.2 Å². The molecule has 0 nitrogen and oxygen atoms in total. The molecule has 0 bridgehead atoms. The van der Waals surface area contributed by atoms with E-state index >= 15 is 0 Å². The van der Waals surface area contributed by atoms with Crippen molar-refractivity contribution >= 4 is 11.8 Å². The van der Waals surface area contributed by atoms with Gasteiger partial charge >= 0.3 is 0 Å². The van der Waals surface area contributed by atoms with Gasteiger partial charge in [-0.1, -0.05) is 30.7 Å². The molecule has 0 amide bonds. The van der Waals surface area contributed by atoms with Gasteiger partial charge in [0.1, 0.15) is 0 Å². The van der Waals surface area contributed by atoms with Crippen molar-refractivity contribution in [3.63, 3.8) is 0 Å². The van der Waals surface area contributed by atoms with Gasteiger partial charge in [0.15, 0.2) is 0 Å². The molecule has 1 aromatic rings. The minimum absolute atomic E-state index is 0.0277. The second-order valence-corrected chi connectivity index (χ2v) is 3.60. The molecule has 0 fully saturated rings. The Morgan fingerprint density at radius 1 is 1.38 bits per heavy atom. The molecule has 1 heteroatoms. The standard InChI is InChI=1S/C12H10S/c1-3-8-11(4-2)13-12-9-6-5-7-10-12/h2,5-11H,1H2. The van der Waals surface area contributed by atoms with Crippen molar-refractivity contribution in [2.75, 3.05) is 0 Å². The van der Waals surface area contributed by atoms with E-state index in [0.717, 1.165) is 4.90 Å². The number of thioether (sulfide) groups is 1. The molecule has 64 valence electrons. The van der Waals surface area contributed by atoms with Gasteiger partial charge < -0.3 is 0 Å². The van der Waals surface area contributed by atoms with E-state index in [1.807, 2.05) is 30.3 Å². The summed E-state index contributed by atoms with van der Waals surface area (Å²) >= 11 is 1.62. The molecule has 0 saturated carbocycles. The van der Waals surface area contributed by atoms with E-state index in [1.165, 1.54) is 0 Å². The second kappa shape index (κ2) is 5.32. The van der Waals surface area contributed by atoms with E-state index in [9.17, 15) is 0 Å². The quantitative estimate of drug-likeness (QED) is 0.397. The lowest BCUT2D eigenvalue weighted by molar-refractivity contribution is 1.42. The Balaban J connectivity index is 2.69. The third-order valence-electron chi connectivity index (χ3n) is 1.44. The first-order valence-corrected chi connectivity index (χ1v) is 4.78. The molecule has 1 unspecified atom stereocenters. The Hall–Kier alpha value is -1.35. The first-order chi connectivity index (χ1) is 6.36. The van der Waals surface area contributed by atoms with Crippen LogP contribution in [0.1, 0.15) is 0 Å². The summed E-state index contributed by atoms with van der Waals surface area (Å²) in [6.45, 7) is 3.50. The molecule has 0 heterocycles. The molecule has 1 aromatic carbocycles. The molecule has 1 rings (SSSR count). The molecule has 0 aliphatic rings. The Morgan fingerprint density at radius 2 is 2.08 bits per heavy atom. The molecular formula is C12H10S. The smallest absolute Gasteiger partial charge is 0.0954 e. The van der Waals surface area contributed by atoms with Crippen molar-refractivity contribution in [1.29, 1.82) is 0 Å². The fraction of sp³-hybridized carbons (Fsp3) is 0.0833. The van der Waals surface area contributed by atoms with Crippen LogP contribution in [0.4, 0.5) is 0 Å². The summed E-state index contributed by atoms with van der Waals surface area (Å²) in [5, 5.41) is 0.0277. The average Bonchev–Trinajstić information content (AvgIpc) is 2.19. The number of terminal acetylenes is 1. The van der Waals surface area contributed by atoms with Crippen LogP contribution in [0.2, 0.25) is 0 Å². The van der Waals surface area contributed by atoms with Crippen LogP contribution in [0.15, 0.2) is 53.6 Å². The molecular weight excluding hydrogens is 176 g/mol. The van der Waals surface area contributed by atoms with E-state index in [4.69, 9.17) is 6.42 Å². The van der Waals surface area contributed by atoms with Crippen LogP contribution >= 0.6 is 11.8 Å². The minimum Gasteiger partial charge on any atom is -0.131 e. The summed E-state index contributed by atoms with van der Waals surface area (Å²) in [5.41, 5.74) is 2.70. The number of hydrogen-bond donors (Lipinski definition) is 0. The van der Waals surface area contributed by atoms with E-state index < -0.39 is 0 Å². The van der Waals surface area contributed by atoms with E-state index in [1.54, 1.807) is 17.8 Å². The van der Waals surface area contributed by atoms with Crippen LogP contribution in [0.5, 0.6) is 0 Å². The monoisotopic (exact) mass is 186 g/mol. The average molecular weight is 186 g/mol. The van der Waals surface area contributed by atoms with E-state index in [-0.39, 0.29) is 5.25 Å². The van der Waals surface area contributed by atoms with Gasteiger partial charge in [0.05, 0.1) is 5.25 Å². The van der Waals surface area contributed by atoms with Crippen molar-refractivity contribution in [2.24, 2.45) is 0 Å². The molecule has 0 N–H and O–H groups in total. The van der Waals surface area contributed by atoms with Crippen molar-refractivity contribution < 1.29 is 0 Å². The molecule has 1 atom stereocenters. The van der Waals surface area contributed by atoms with Crippen molar-refractivity contribution in [3.8, 4) is 12.3 Å². The number of benzene rings is 1. The molecule has 0 aliphatic carbocycles. The molecule has 0 saturated heterocycles. The number of hydrogen-bond acceptors (Lipinski definition) is 1. The Labute approximate surface area is 83.4 Å².